The van der Waals surface area contributed by atoms with Gasteiger partial charge in [-0.05, 0) is 37.1 Å². The maximum absolute atomic E-state index is 9.45. The number of hydrogen-bond acceptors (Lipinski definition) is 2. The highest BCUT2D eigenvalue weighted by Gasteiger charge is 2.07. The number of hydrogen-bond donors (Lipinski definition) is 2. The quantitative estimate of drug-likeness (QED) is 0.858. The van der Waals surface area contributed by atoms with Gasteiger partial charge in [-0.25, -0.2) is 0 Å². The van der Waals surface area contributed by atoms with Crippen LogP contribution in [0.1, 0.15) is 13.8 Å². The van der Waals surface area contributed by atoms with Gasteiger partial charge in [-0.15, -0.1) is 0 Å². The van der Waals surface area contributed by atoms with E-state index in [0.29, 0.717) is 0 Å². The first-order valence-electron chi connectivity index (χ1n) is 6.27. The molecule has 2 atom stereocenters. The maximum atomic E-state index is 9.45. The van der Waals surface area contributed by atoms with Gasteiger partial charge in [0.05, 0.1) is 6.10 Å². The van der Waals surface area contributed by atoms with Crippen LogP contribution in [0.5, 0.6) is 0 Å². The number of benzene rings is 2. The third-order valence-electron chi connectivity index (χ3n) is 3.11. The van der Waals surface area contributed by atoms with Crippen LogP contribution in [0.4, 0.5) is 5.69 Å². The van der Waals surface area contributed by atoms with Crippen LogP contribution in [0.15, 0.2) is 54.6 Å². The summed E-state index contributed by atoms with van der Waals surface area (Å²) in [5.74, 6) is 0. The van der Waals surface area contributed by atoms with E-state index in [9.17, 15) is 5.11 Å². The minimum atomic E-state index is -0.362. The Bertz CT molecular complexity index is 476. The third kappa shape index (κ3) is 3.11. The Morgan fingerprint density at radius 2 is 1.39 bits per heavy atom. The smallest absolute Gasteiger partial charge is 0.0710 e. The van der Waals surface area contributed by atoms with E-state index in [1.165, 1.54) is 11.1 Å². The van der Waals surface area contributed by atoms with Gasteiger partial charge >= 0.3 is 0 Å². The molecule has 2 aromatic carbocycles. The minimum Gasteiger partial charge on any atom is -0.391 e. The van der Waals surface area contributed by atoms with E-state index >= 15 is 0 Å². The van der Waals surface area contributed by atoms with Crippen molar-refractivity contribution in [1.29, 1.82) is 0 Å². The molecule has 2 unspecified atom stereocenters. The molecular weight excluding hydrogens is 222 g/mol. The zero-order chi connectivity index (χ0) is 13.0. The van der Waals surface area contributed by atoms with E-state index in [1.54, 1.807) is 6.92 Å². The van der Waals surface area contributed by atoms with Crippen molar-refractivity contribution in [2.24, 2.45) is 0 Å². The Morgan fingerprint density at radius 3 is 1.94 bits per heavy atom. The first-order valence-corrected chi connectivity index (χ1v) is 6.27. The van der Waals surface area contributed by atoms with Gasteiger partial charge in [0.1, 0.15) is 0 Å². The molecule has 0 aliphatic carbocycles. The van der Waals surface area contributed by atoms with Crippen LogP contribution < -0.4 is 5.32 Å². The molecule has 2 N–H and O–H groups in total. The van der Waals surface area contributed by atoms with Crippen molar-refractivity contribution in [3.63, 3.8) is 0 Å². The Kier molecular flexibility index (Phi) is 4.00. The molecule has 0 fully saturated rings. The van der Waals surface area contributed by atoms with Crippen molar-refractivity contribution in [1.82, 2.24) is 0 Å². The molecule has 0 radical (unpaired) electrons. The Morgan fingerprint density at radius 1 is 0.833 bits per heavy atom. The predicted octanol–water partition coefficient (Wildman–Crippen LogP) is 3.53. The Labute approximate surface area is 108 Å². The summed E-state index contributed by atoms with van der Waals surface area (Å²) in [5, 5.41) is 12.7. The van der Waals surface area contributed by atoms with E-state index in [2.05, 4.69) is 29.6 Å². The fourth-order valence-corrected chi connectivity index (χ4v) is 1.77. The first-order chi connectivity index (χ1) is 8.66. The standard InChI is InChI=1S/C16H19NO/c1-12(13(2)18)17-16-10-8-15(9-11-16)14-6-4-3-5-7-14/h3-13,17-18H,1-2H3. The van der Waals surface area contributed by atoms with Crippen LogP contribution in [-0.4, -0.2) is 17.3 Å². The molecule has 0 heterocycles. The molecule has 18 heavy (non-hydrogen) atoms. The second kappa shape index (κ2) is 5.69. The summed E-state index contributed by atoms with van der Waals surface area (Å²) in [5.41, 5.74) is 3.45. The van der Waals surface area contributed by atoms with Gasteiger partial charge in [0.25, 0.3) is 0 Å². The van der Waals surface area contributed by atoms with Gasteiger partial charge in [-0.3, -0.25) is 0 Å². The zero-order valence-corrected chi connectivity index (χ0v) is 10.8. The van der Waals surface area contributed by atoms with Crippen LogP contribution in [0.25, 0.3) is 11.1 Å². The molecule has 2 heteroatoms. The van der Waals surface area contributed by atoms with Crippen LogP contribution in [0, 0.1) is 0 Å². The Hall–Kier alpha value is -1.80. The molecule has 2 rings (SSSR count). The third-order valence-corrected chi connectivity index (χ3v) is 3.11. The summed E-state index contributed by atoms with van der Waals surface area (Å²) in [7, 11) is 0. The fraction of sp³-hybridized carbons (Fsp3) is 0.250. The van der Waals surface area contributed by atoms with Crippen LogP contribution >= 0.6 is 0 Å². The highest BCUT2D eigenvalue weighted by molar-refractivity contribution is 5.65. The lowest BCUT2D eigenvalue weighted by molar-refractivity contribution is 0.178. The van der Waals surface area contributed by atoms with E-state index in [4.69, 9.17) is 0 Å². The second-order valence-corrected chi connectivity index (χ2v) is 4.62. The summed E-state index contributed by atoms with van der Waals surface area (Å²) in [6.45, 7) is 3.76. The highest BCUT2D eigenvalue weighted by atomic mass is 16.3. The van der Waals surface area contributed by atoms with E-state index in [-0.39, 0.29) is 12.1 Å². The SMILES string of the molecule is CC(O)C(C)Nc1ccc(-c2ccccc2)cc1. The lowest BCUT2D eigenvalue weighted by Crippen LogP contribution is -2.27. The van der Waals surface area contributed by atoms with Gasteiger partial charge in [0, 0.05) is 11.7 Å². The zero-order valence-electron chi connectivity index (χ0n) is 10.8. The summed E-state index contributed by atoms with van der Waals surface area (Å²) in [6, 6.07) is 18.6. The molecule has 0 saturated heterocycles. The molecule has 94 valence electrons. The summed E-state index contributed by atoms with van der Waals surface area (Å²) >= 11 is 0. The molecule has 0 spiro atoms. The molecule has 0 aromatic heterocycles. The normalized spacial score (nSPS) is 13.9. The van der Waals surface area contributed by atoms with Gasteiger partial charge in [-0.2, -0.15) is 0 Å². The van der Waals surface area contributed by atoms with Crippen LogP contribution in [0.2, 0.25) is 0 Å². The lowest BCUT2D eigenvalue weighted by Gasteiger charge is -2.18. The number of aliphatic hydroxyl groups excluding tert-OH is 1. The van der Waals surface area contributed by atoms with Crippen LogP contribution in [-0.2, 0) is 0 Å². The largest absolute Gasteiger partial charge is 0.391 e. The summed E-state index contributed by atoms with van der Waals surface area (Å²) in [4.78, 5) is 0. The molecule has 2 aromatic rings. The van der Waals surface area contributed by atoms with E-state index in [1.807, 2.05) is 37.3 Å². The van der Waals surface area contributed by atoms with Gasteiger partial charge in [0.15, 0.2) is 0 Å². The number of nitrogens with one attached hydrogen (secondary N) is 1. The average molecular weight is 241 g/mol. The number of anilines is 1. The van der Waals surface area contributed by atoms with Gasteiger partial charge in [-0.1, -0.05) is 42.5 Å². The highest BCUT2D eigenvalue weighted by Crippen LogP contribution is 2.21. The van der Waals surface area contributed by atoms with Crippen molar-refractivity contribution in [2.45, 2.75) is 26.0 Å². The lowest BCUT2D eigenvalue weighted by atomic mass is 10.1. The van der Waals surface area contributed by atoms with Crippen molar-refractivity contribution in [3.05, 3.63) is 54.6 Å². The monoisotopic (exact) mass is 241 g/mol. The number of aliphatic hydroxyl groups is 1. The molecule has 0 bridgehead atoms. The van der Waals surface area contributed by atoms with E-state index in [0.717, 1.165) is 5.69 Å². The van der Waals surface area contributed by atoms with Crippen LogP contribution in [0.3, 0.4) is 0 Å². The second-order valence-electron chi connectivity index (χ2n) is 4.62. The maximum Gasteiger partial charge on any atom is 0.0710 e. The molecule has 0 aliphatic heterocycles. The van der Waals surface area contributed by atoms with Crippen molar-refractivity contribution < 1.29 is 5.11 Å². The topological polar surface area (TPSA) is 32.3 Å². The summed E-state index contributed by atoms with van der Waals surface area (Å²) in [6.07, 6.45) is -0.362. The molecule has 0 saturated carbocycles. The summed E-state index contributed by atoms with van der Waals surface area (Å²) < 4.78 is 0. The average Bonchev–Trinajstić information content (AvgIpc) is 2.40. The molecular formula is C16H19NO. The van der Waals surface area contributed by atoms with Crippen molar-refractivity contribution in [3.8, 4) is 11.1 Å². The number of rotatable bonds is 4. The van der Waals surface area contributed by atoms with Gasteiger partial charge in [0.2, 0.25) is 0 Å². The van der Waals surface area contributed by atoms with Crippen molar-refractivity contribution in [2.75, 3.05) is 5.32 Å². The predicted molar refractivity (Wildman–Crippen MR) is 76.6 cm³/mol. The van der Waals surface area contributed by atoms with Gasteiger partial charge < -0.3 is 10.4 Å². The molecule has 2 nitrogen and oxygen atoms in total. The fourth-order valence-electron chi connectivity index (χ4n) is 1.77. The van der Waals surface area contributed by atoms with Crippen molar-refractivity contribution >= 4 is 5.69 Å². The molecule has 0 aliphatic rings. The minimum absolute atomic E-state index is 0.0487. The van der Waals surface area contributed by atoms with E-state index < -0.39 is 0 Å². The molecule has 0 amide bonds. The first kappa shape index (κ1) is 12.7. The Balaban J connectivity index is 2.11.